The Labute approximate surface area is 126 Å². The third kappa shape index (κ3) is 4.21. The first-order valence-electron chi connectivity index (χ1n) is 9.06. The van der Waals surface area contributed by atoms with Crippen LogP contribution in [0.4, 0.5) is 0 Å². The van der Waals surface area contributed by atoms with Crippen LogP contribution in [0.5, 0.6) is 0 Å². The van der Waals surface area contributed by atoms with E-state index in [9.17, 15) is 0 Å². The Bertz CT molecular complexity index is 269. The van der Waals surface area contributed by atoms with Gasteiger partial charge in [-0.1, -0.05) is 33.6 Å². The summed E-state index contributed by atoms with van der Waals surface area (Å²) in [7, 11) is 0. The summed E-state index contributed by atoms with van der Waals surface area (Å²) >= 11 is 0. The molecule has 0 aromatic carbocycles. The molecule has 2 rings (SSSR count). The lowest BCUT2D eigenvalue weighted by molar-refractivity contribution is 0.113. The highest BCUT2D eigenvalue weighted by Gasteiger charge is 2.31. The minimum Gasteiger partial charge on any atom is -0.329 e. The maximum Gasteiger partial charge on any atom is 0.0246 e. The highest BCUT2D eigenvalue weighted by molar-refractivity contribution is 4.86. The van der Waals surface area contributed by atoms with Crippen LogP contribution in [0.15, 0.2) is 0 Å². The van der Waals surface area contributed by atoms with Crippen molar-refractivity contribution in [3.8, 4) is 0 Å². The number of nitrogens with two attached hydrogens (primary N) is 1. The van der Waals surface area contributed by atoms with Gasteiger partial charge >= 0.3 is 0 Å². The Morgan fingerprint density at radius 1 is 0.950 bits per heavy atom. The minimum atomic E-state index is 0.661. The van der Waals surface area contributed by atoms with Crippen molar-refractivity contribution in [2.75, 3.05) is 19.6 Å². The molecule has 2 N–H and O–H groups in total. The molecule has 1 aliphatic heterocycles. The van der Waals surface area contributed by atoms with Crippen LogP contribution in [0.3, 0.4) is 0 Å². The Morgan fingerprint density at radius 3 is 2.25 bits per heavy atom. The zero-order valence-electron chi connectivity index (χ0n) is 14.0. The Balaban J connectivity index is 1.90. The molecule has 1 saturated heterocycles. The van der Waals surface area contributed by atoms with Crippen molar-refractivity contribution >= 4 is 0 Å². The summed E-state index contributed by atoms with van der Waals surface area (Å²) in [5.41, 5.74) is 6.17. The lowest BCUT2D eigenvalue weighted by atomic mass is 9.78. The van der Waals surface area contributed by atoms with E-state index in [-0.39, 0.29) is 0 Å². The van der Waals surface area contributed by atoms with E-state index in [4.69, 9.17) is 5.73 Å². The first-order chi connectivity index (χ1) is 9.61. The fourth-order valence-corrected chi connectivity index (χ4v) is 4.45. The van der Waals surface area contributed by atoms with Crippen LogP contribution in [0.2, 0.25) is 0 Å². The number of rotatable bonds is 4. The van der Waals surface area contributed by atoms with Crippen molar-refractivity contribution < 1.29 is 0 Å². The number of likely N-dealkylation sites (tertiary alicyclic amines) is 1. The summed E-state index contributed by atoms with van der Waals surface area (Å²) in [4.78, 5) is 2.75. The molecule has 0 amide bonds. The smallest absolute Gasteiger partial charge is 0.0246 e. The highest BCUT2D eigenvalue weighted by atomic mass is 15.2. The van der Waals surface area contributed by atoms with Gasteiger partial charge in [0.05, 0.1) is 0 Å². The molecule has 2 atom stereocenters. The van der Waals surface area contributed by atoms with Gasteiger partial charge in [0.1, 0.15) is 0 Å². The van der Waals surface area contributed by atoms with E-state index in [1.54, 1.807) is 0 Å². The molecule has 118 valence electrons. The van der Waals surface area contributed by atoms with Crippen molar-refractivity contribution in [1.29, 1.82) is 0 Å². The monoisotopic (exact) mass is 280 g/mol. The van der Waals surface area contributed by atoms with Crippen LogP contribution in [-0.2, 0) is 0 Å². The average Bonchev–Trinajstić information content (AvgIpc) is 2.68. The largest absolute Gasteiger partial charge is 0.329 e. The Kier molecular flexibility index (Phi) is 6.35. The molecule has 2 nitrogen and oxygen atoms in total. The van der Waals surface area contributed by atoms with Crippen LogP contribution in [-0.4, -0.2) is 30.6 Å². The standard InChI is InChI=1S/C18H36N2/c1-14(2)16-5-4-11-20(12-10-16)18(13-19)17-8-6-15(3)7-9-17/h14-18H,4-13,19H2,1-3H3. The van der Waals surface area contributed by atoms with E-state index >= 15 is 0 Å². The van der Waals surface area contributed by atoms with E-state index in [1.165, 1.54) is 58.0 Å². The summed E-state index contributed by atoms with van der Waals surface area (Å²) in [6.07, 6.45) is 9.85. The predicted octanol–water partition coefficient (Wildman–Crippen LogP) is 3.90. The fraction of sp³-hybridized carbons (Fsp3) is 1.00. The fourth-order valence-electron chi connectivity index (χ4n) is 4.45. The second-order valence-electron chi connectivity index (χ2n) is 7.79. The maximum absolute atomic E-state index is 6.17. The van der Waals surface area contributed by atoms with E-state index in [2.05, 4.69) is 25.7 Å². The van der Waals surface area contributed by atoms with E-state index in [1.807, 2.05) is 0 Å². The van der Waals surface area contributed by atoms with Crippen LogP contribution >= 0.6 is 0 Å². The van der Waals surface area contributed by atoms with E-state index in [0.717, 1.165) is 30.2 Å². The van der Waals surface area contributed by atoms with E-state index in [0.29, 0.717) is 6.04 Å². The SMILES string of the molecule is CC1CCC(C(CN)N2CCCC(C(C)C)CC2)CC1. The molecular weight excluding hydrogens is 244 g/mol. The quantitative estimate of drug-likeness (QED) is 0.846. The second-order valence-corrected chi connectivity index (χ2v) is 7.79. The third-order valence-corrected chi connectivity index (χ3v) is 6.07. The van der Waals surface area contributed by atoms with Crippen LogP contribution in [0.25, 0.3) is 0 Å². The molecule has 2 aliphatic rings. The molecule has 2 fully saturated rings. The zero-order valence-corrected chi connectivity index (χ0v) is 14.0. The van der Waals surface area contributed by atoms with Crippen molar-refractivity contribution in [1.82, 2.24) is 4.90 Å². The molecule has 1 aliphatic carbocycles. The van der Waals surface area contributed by atoms with Crippen molar-refractivity contribution in [2.45, 2.75) is 71.8 Å². The van der Waals surface area contributed by atoms with Gasteiger partial charge in [-0.05, 0) is 68.9 Å². The molecule has 0 aromatic heterocycles. The first kappa shape index (κ1) is 16.3. The average molecular weight is 280 g/mol. The van der Waals surface area contributed by atoms with Crippen LogP contribution in [0, 0.1) is 23.7 Å². The lowest BCUT2D eigenvalue weighted by Gasteiger charge is -2.39. The highest BCUT2D eigenvalue weighted by Crippen LogP contribution is 2.33. The molecule has 0 radical (unpaired) electrons. The molecule has 2 unspecified atom stereocenters. The summed E-state index contributed by atoms with van der Waals surface area (Å²) in [5, 5.41) is 0. The molecule has 20 heavy (non-hydrogen) atoms. The van der Waals surface area contributed by atoms with E-state index < -0.39 is 0 Å². The summed E-state index contributed by atoms with van der Waals surface area (Å²) < 4.78 is 0. The van der Waals surface area contributed by atoms with Crippen molar-refractivity contribution in [3.05, 3.63) is 0 Å². The molecule has 0 bridgehead atoms. The molecule has 2 heteroatoms. The summed E-state index contributed by atoms with van der Waals surface area (Å²) in [6, 6.07) is 0.661. The third-order valence-electron chi connectivity index (χ3n) is 6.07. The zero-order chi connectivity index (χ0) is 14.5. The van der Waals surface area contributed by atoms with Crippen molar-refractivity contribution in [2.24, 2.45) is 29.4 Å². The van der Waals surface area contributed by atoms with Gasteiger partial charge in [0.2, 0.25) is 0 Å². The van der Waals surface area contributed by atoms with Gasteiger partial charge in [0.25, 0.3) is 0 Å². The molecule has 1 heterocycles. The second kappa shape index (κ2) is 7.79. The summed E-state index contributed by atoms with van der Waals surface area (Å²) in [5.74, 6) is 3.59. The van der Waals surface area contributed by atoms with Crippen LogP contribution in [0.1, 0.15) is 65.7 Å². The topological polar surface area (TPSA) is 29.3 Å². The van der Waals surface area contributed by atoms with Gasteiger partial charge in [-0.3, -0.25) is 4.90 Å². The number of hydrogen-bond acceptors (Lipinski definition) is 2. The number of nitrogens with zero attached hydrogens (tertiary/aromatic N) is 1. The van der Waals surface area contributed by atoms with Gasteiger partial charge in [-0.15, -0.1) is 0 Å². The maximum atomic E-state index is 6.17. The molecular formula is C18H36N2. The van der Waals surface area contributed by atoms with Gasteiger partial charge in [0.15, 0.2) is 0 Å². The minimum absolute atomic E-state index is 0.661. The Hall–Kier alpha value is -0.0800. The normalized spacial score (nSPS) is 35.0. The van der Waals surface area contributed by atoms with Gasteiger partial charge in [-0.25, -0.2) is 0 Å². The predicted molar refractivity (Wildman–Crippen MR) is 87.7 cm³/mol. The summed E-state index contributed by atoms with van der Waals surface area (Å²) in [6.45, 7) is 10.6. The molecule has 0 aromatic rings. The lowest BCUT2D eigenvalue weighted by Crippen LogP contribution is -2.47. The first-order valence-corrected chi connectivity index (χ1v) is 9.06. The number of hydrogen-bond donors (Lipinski definition) is 1. The molecule has 1 saturated carbocycles. The Morgan fingerprint density at radius 2 is 1.65 bits per heavy atom. The molecule has 0 spiro atoms. The van der Waals surface area contributed by atoms with Gasteiger partial charge < -0.3 is 5.73 Å². The van der Waals surface area contributed by atoms with Crippen molar-refractivity contribution in [3.63, 3.8) is 0 Å². The van der Waals surface area contributed by atoms with Gasteiger partial charge in [-0.2, -0.15) is 0 Å². The van der Waals surface area contributed by atoms with Crippen LogP contribution < -0.4 is 5.73 Å². The van der Waals surface area contributed by atoms with Gasteiger partial charge in [0, 0.05) is 12.6 Å².